The molecule has 0 radical (unpaired) electrons. The Morgan fingerprint density at radius 2 is 0.696 bits per heavy atom. The molecule has 2 aromatic rings. The molecule has 2 aliphatic heterocycles. The zero-order chi connectivity index (χ0) is 34.0. The van der Waals surface area contributed by atoms with Crippen LogP contribution in [0, 0.1) is 0 Å². The smallest absolute Gasteiger partial charge is 0.105 e. The van der Waals surface area contributed by atoms with Crippen LogP contribution in [-0.2, 0) is 44.3 Å². The molecule has 0 spiro atoms. The standard InChI is InChI=1S/C38H52O2S6/c1-35(2,3)23-13-21(14-24(17-23)36(4,5)6)19-39-27-29-31(45-33(41)43-29)28(32-30(27)44-34(42)46-32)40-20-22-15-25(37(7,8)9)18-26(16-22)38(10,11)12/h13-18,27-32H,19-20H2,1-12H3. The topological polar surface area (TPSA) is 18.5 Å². The van der Waals surface area contributed by atoms with Crippen LogP contribution < -0.4 is 0 Å². The molecule has 46 heavy (non-hydrogen) atoms. The van der Waals surface area contributed by atoms with Gasteiger partial charge in [0.15, 0.2) is 0 Å². The Hall–Kier alpha value is -0.0600. The van der Waals surface area contributed by atoms with Crippen molar-refractivity contribution in [2.45, 2.75) is 151 Å². The van der Waals surface area contributed by atoms with Crippen molar-refractivity contribution in [2.75, 3.05) is 0 Å². The minimum atomic E-state index is 0.0406. The van der Waals surface area contributed by atoms with E-state index in [1.54, 1.807) is 0 Å². The first-order valence-corrected chi connectivity index (χ1v) is 20.7. The fourth-order valence-electron chi connectivity index (χ4n) is 6.21. The maximum absolute atomic E-state index is 7.00. The fourth-order valence-corrected chi connectivity index (χ4v) is 13.8. The van der Waals surface area contributed by atoms with Gasteiger partial charge < -0.3 is 9.47 Å². The van der Waals surface area contributed by atoms with Crippen molar-refractivity contribution >= 4 is 78.5 Å². The van der Waals surface area contributed by atoms with Crippen molar-refractivity contribution < 1.29 is 9.47 Å². The van der Waals surface area contributed by atoms with Gasteiger partial charge in [0.2, 0.25) is 0 Å². The third kappa shape index (κ3) is 8.45. The highest BCUT2D eigenvalue weighted by molar-refractivity contribution is 8.51. The van der Waals surface area contributed by atoms with Gasteiger partial charge in [-0.1, -0.05) is 144 Å². The van der Waals surface area contributed by atoms with Crippen molar-refractivity contribution in [2.24, 2.45) is 0 Å². The molecule has 0 aromatic heterocycles. The summed E-state index contributed by atoms with van der Waals surface area (Å²) in [6, 6.07) is 14.1. The summed E-state index contributed by atoms with van der Waals surface area (Å²) in [7, 11) is 0. The van der Waals surface area contributed by atoms with Crippen molar-refractivity contribution in [3.8, 4) is 0 Å². The summed E-state index contributed by atoms with van der Waals surface area (Å²) in [5.41, 5.74) is 8.18. The Morgan fingerprint density at radius 1 is 0.457 bits per heavy atom. The molecule has 4 atom stereocenters. The SMILES string of the molecule is CC(C)(C)c1cc(COC2C3SC(=S)SC3C(OCc3cc(C(C)(C)C)cc(C(C)(C)C)c3)C3SC(=S)SC23)cc(C(C)(C)C)c1. The maximum Gasteiger partial charge on any atom is 0.105 e. The van der Waals surface area contributed by atoms with E-state index in [1.807, 2.05) is 47.0 Å². The van der Waals surface area contributed by atoms with Crippen LogP contribution in [0.5, 0.6) is 0 Å². The van der Waals surface area contributed by atoms with Crippen molar-refractivity contribution in [3.63, 3.8) is 0 Å². The van der Waals surface area contributed by atoms with E-state index in [9.17, 15) is 0 Å². The molecule has 3 fully saturated rings. The highest BCUT2D eigenvalue weighted by atomic mass is 32.2. The lowest BCUT2D eigenvalue weighted by Gasteiger charge is -2.44. The summed E-state index contributed by atoms with van der Waals surface area (Å²) in [6.45, 7) is 28.7. The van der Waals surface area contributed by atoms with Crippen LogP contribution in [0.2, 0.25) is 0 Å². The summed E-state index contributed by atoms with van der Waals surface area (Å²) in [5, 5.41) is 0.932. The van der Waals surface area contributed by atoms with Gasteiger partial charge in [0.1, 0.15) is 7.06 Å². The van der Waals surface area contributed by atoms with Crippen LogP contribution in [0.1, 0.15) is 116 Å². The third-order valence-corrected chi connectivity index (χ3v) is 16.0. The van der Waals surface area contributed by atoms with Gasteiger partial charge >= 0.3 is 0 Å². The molecule has 1 aliphatic carbocycles. The van der Waals surface area contributed by atoms with Crippen molar-refractivity contribution in [1.82, 2.24) is 0 Å². The Balaban J connectivity index is 1.41. The predicted octanol–water partition coefficient (Wildman–Crippen LogP) is 11.4. The number of thioether (sulfide) groups is 4. The predicted molar refractivity (Wildman–Crippen MR) is 216 cm³/mol. The number of benzene rings is 2. The average molecular weight is 733 g/mol. The number of thiocarbonyl (C=S) groups is 2. The minimum absolute atomic E-state index is 0.0406. The van der Waals surface area contributed by atoms with Crippen molar-refractivity contribution in [1.29, 1.82) is 0 Å². The second-order valence-electron chi connectivity index (χ2n) is 17.2. The second-order valence-corrected chi connectivity index (χ2v) is 24.3. The van der Waals surface area contributed by atoms with Crippen LogP contribution in [0.3, 0.4) is 0 Å². The van der Waals surface area contributed by atoms with Crippen LogP contribution in [0.4, 0.5) is 0 Å². The Morgan fingerprint density at radius 3 is 0.913 bits per heavy atom. The molecule has 3 aliphatic rings. The van der Waals surface area contributed by atoms with E-state index in [1.165, 1.54) is 33.4 Å². The minimum Gasteiger partial charge on any atom is -0.371 e. The summed E-state index contributed by atoms with van der Waals surface area (Å²) in [6.07, 6.45) is 0.0812. The quantitative estimate of drug-likeness (QED) is 0.270. The van der Waals surface area contributed by atoms with Crippen LogP contribution >= 0.6 is 71.5 Å². The molecule has 4 unspecified atom stereocenters. The zero-order valence-corrected chi connectivity index (χ0v) is 34.5. The summed E-state index contributed by atoms with van der Waals surface area (Å²) in [4.78, 5) is 0. The van der Waals surface area contributed by atoms with E-state index in [-0.39, 0.29) is 54.9 Å². The summed E-state index contributed by atoms with van der Waals surface area (Å²) in [5.74, 6) is 0. The van der Waals surface area contributed by atoms with E-state index >= 15 is 0 Å². The lowest BCUT2D eigenvalue weighted by atomic mass is 9.79. The number of fused-ring (bicyclic) bond motifs is 2. The van der Waals surface area contributed by atoms with Gasteiger partial charge in [-0.2, -0.15) is 0 Å². The van der Waals surface area contributed by atoms with Gasteiger partial charge in [-0.15, -0.1) is 47.0 Å². The number of ether oxygens (including phenoxy) is 2. The highest BCUT2D eigenvalue weighted by Crippen LogP contribution is 2.57. The number of hydrogen-bond donors (Lipinski definition) is 0. The van der Waals surface area contributed by atoms with Crippen LogP contribution in [0.25, 0.3) is 0 Å². The van der Waals surface area contributed by atoms with Crippen LogP contribution in [-0.4, -0.2) is 40.3 Å². The van der Waals surface area contributed by atoms with Gasteiger partial charge in [0, 0.05) is 0 Å². The average Bonchev–Trinajstić information content (AvgIpc) is 3.50. The molecule has 5 rings (SSSR count). The van der Waals surface area contributed by atoms with E-state index in [0.717, 1.165) is 7.06 Å². The zero-order valence-electron chi connectivity index (χ0n) is 29.6. The Bertz CT molecular complexity index is 1270. The molecule has 252 valence electrons. The normalized spacial score (nSPS) is 27.2. The summed E-state index contributed by atoms with van der Waals surface area (Å²) >= 11 is 19.0. The molecular formula is C38H52O2S6. The molecule has 0 amide bonds. The van der Waals surface area contributed by atoms with E-state index in [4.69, 9.17) is 33.9 Å². The van der Waals surface area contributed by atoms with E-state index in [2.05, 4.69) is 119 Å². The van der Waals surface area contributed by atoms with Gasteiger partial charge in [0.05, 0.1) is 46.4 Å². The van der Waals surface area contributed by atoms with E-state index in [0.29, 0.717) is 13.2 Å². The number of hydrogen-bond acceptors (Lipinski definition) is 8. The van der Waals surface area contributed by atoms with Crippen LogP contribution in [0.15, 0.2) is 36.4 Å². The molecule has 2 heterocycles. The van der Waals surface area contributed by atoms with Gasteiger partial charge in [0.25, 0.3) is 0 Å². The maximum atomic E-state index is 7.00. The third-order valence-electron chi connectivity index (χ3n) is 9.21. The first-order chi connectivity index (χ1) is 21.1. The molecule has 8 heteroatoms. The lowest BCUT2D eigenvalue weighted by molar-refractivity contribution is -0.0252. The van der Waals surface area contributed by atoms with Gasteiger partial charge in [-0.05, 0) is 55.0 Å². The molecule has 0 bridgehead atoms. The lowest BCUT2D eigenvalue weighted by Crippen LogP contribution is -2.58. The molecular weight excluding hydrogens is 681 g/mol. The van der Waals surface area contributed by atoms with Gasteiger partial charge in [-0.25, -0.2) is 0 Å². The second kappa shape index (κ2) is 13.6. The summed E-state index contributed by atoms with van der Waals surface area (Å²) < 4.78 is 16.0. The Kier molecular flexibility index (Phi) is 11.0. The van der Waals surface area contributed by atoms with Gasteiger partial charge in [-0.3, -0.25) is 0 Å². The fraction of sp³-hybridized carbons (Fsp3) is 0.632. The Labute approximate surface area is 306 Å². The van der Waals surface area contributed by atoms with Crippen molar-refractivity contribution in [3.05, 3.63) is 69.8 Å². The molecule has 2 aromatic carbocycles. The first kappa shape index (κ1) is 37.2. The largest absolute Gasteiger partial charge is 0.371 e. The molecule has 2 nitrogen and oxygen atoms in total. The monoisotopic (exact) mass is 732 g/mol. The highest BCUT2D eigenvalue weighted by Gasteiger charge is 2.59. The molecule has 0 N–H and O–H groups in total. The van der Waals surface area contributed by atoms with E-state index < -0.39 is 0 Å². The molecule has 2 saturated heterocycles. The first-order valence-electron chi connectivity index (χ1n) is 16.4. The molecule has 1 saturated carbocycles. The number of rotatable bonds is 6.